The summed E-state index contributed by atoms with van der Waals surface area (Å²) in [6.45, 7) is 1.51. The maximum Gasteiger partial charge on any atom is 0.267 e. The van der Waals surface area contributed by atoms with Crippen molar-refractivity contribution in [3.05, 3.63) is 29.4 Å². The van der Waals surface area contributed by atoms with E-state index < -0.39 is 0 Å². The Bertz CT molecular complexity index is 615. The van der Waals surface area contributed by atoms with Crippen LogP contribution < -0.4 is 11.1 Å². The summed E-state index contributed by atoms with van der Waals surface area (Å²) in [5.74, 6) is 0.547. The molecule has 0 bridgehead atoms. The van der Waals surface area contributed by atoms with Crippen LogP contribution in [0, 0.1) is 0 Å². The average Bonchev–Trinajstić information content (AvgIpc) is 2.96. The Labute approximate surface area is 132 Å². The van der Waals surface area contributed by atoms with Gasteiger partial charge in [0.25, 0.3) is 5.91 Å². The molecular weight excluding hydrogens is 300 g/mol. The number of hydrogen-bond donors (Lipinski definition) is 2. The summed E-state index contributed by atoms with van der Waals surface area (Å²) < 4.78 is 3.75. The molecule has 1 saturated heterocycles. The summed E-state index contributed by atoms with van der Waals surface area (Å²) in [4.78, 5) is 18.9. The molecule has 22 heavy (non-hydrogen) atoms. The van der Waals surface area contributed by atoms with Crippen molar-refractivity contribution in [1.82, 2.24) is 19.5 Å². The summed E-state index contributed by atoms with van der Waals surface area (Å²) in [6.07, 6.45) is 6.18. The number of anilines is 2. The van der Waals surface area contributed by atoms with E-state index >= 15 is 0 Å². The lowest BCUT2D eigenvalue weighted by atomic mass is 10.1. The van der Waals surface area contributed by atoms with E-state index in [-0.39, 0.29) is 5.91 Å². The maximum atomic E-state index is 12.3. The van der Waals surface area contributed by atoms with Gasteiger partial charge in [-0.2, -0.15) is 0 Å². The number of likely N-dealkylation sites (tertiary alicyclic amines) is 1. The number of pyridine rings is 1. The van der Waals surface area contributed by atoms with E-state index in [4.69, 9.17) is 5.73 Å². The Kier molecular flexibility index (Phi) is 4.47. The first-order valence-electron chi connectivity index (χ1n) is 7.27. The monoisotopic (exact) mass is 318 g/mol. The molecule has 0 spiro atoms. The molecule has 1 fully saturated rings. The van der Waals surface area contributed by atoms with Crippen molar-refractivity contribution in [3.63, 3.8) is 0 Å². The number of nitrogen functional groups attached to an aromatic ring is 1. The number of carbonyl (C=O) groups excluding carboxylic acids is 1. The standard InChI is InChI=1S/C14H18N6OS/c15-13-4-3-11(8-16-13)18-10-2-1-6-20(7-5-10)14(21)12-9-17-19-22-12/h3-4,8-10,18H,1-2,5-7H2,(H2,15,16)/t10-/m1/s1. The first-order chi connectivity index (χ1) is 10.7. The molecule has 0 saturated carbocycles. The number of amides is 1. The van der Waals surface area contributed by atoms with Crippen LogP contribution in [0.3, 0.4) is 0 Å². The second-order valence-electron chi connectivity index (χ2n) is 5.32. The molecule has 2 aromatic heterocycles. The third kappa shape index (κ3) is 3.51. The molecule has 3 heterocycles. The second-order valence-corrected chi connectivity index (χ2v) is 6.10. The molecule has 3 N–H and O–H groups in total. The maximum absolute atomic E-state index is 12.3. The summed E-state index contributed by atoms with van der Waals surface area (Å²) in [5.41, 5.74) is 6.55. The first-order valence-corrected chi connectivity index (χ1v) is 8.04. The minimum atomic E-state index is 0.0322. The summed E-state index contributed by atoms with van der Waals surface area (Å²) >= 11 is 1.15. The van der Waals surface area contributed by atoms with Gasteiger partial charge in [0.05, 0.1) is 18.1 Å². The highest BCUT2D eigenvalue weighted by Gasteiger charge is 2.22. The molecular formula is C14H18N6OS. The molecule has 0 radical (unpaired) electrons. The number of nitrogens with one attached hydrogen (secondary N) is 1. The lowest BCUT2D eigenvalue weighted by molar-refractivity contribution is 0.0766. The van der Waals surface area contributed by atoms with Crippen LogP contribution in [-0.2, 0) is 0 Å². The third-order valence-electron chi connectivity index (χ3n) is 3.74. The molecule has 1 amide bonds. The zero-order valence-corrected chi connectivity index (χ0v) is 12.9. The summed E-state index contributed by atoms with van der Waals surface area (Å²) in [5, 5.41) is 7.20. The van der Waals surface area contributed by atoms with Crippen LogP contribution in [0.25, 0.3) is 0 Å². The van der Waals surface area contributed by atoms with Gasteiger partial charge in [-0.25, -0.2) is 4.98 Å². The van der Waals surface area contributed by atoms with Crippen LogP contribution in [0.4, 0.5) is 11.5 Å². The van der Waals surface area contributed by atoms with Gasteiger partial charge in [-0.15, -0.1) is 5.10 Å². The van der Waals surface area contributed by atoms with Crippen LogP contribution in [0.2, 0.25) is 0 Å². The summed E-state index contributed by atoms with van der Waals surface area (Å²) in [6, 6.07) is 4.05. The van der Waals surface area contributed by atoms with E-state index in [2.05, 4.69) is 19.9 Å². The minimum absolute atomic E-state index is 0.0322. The van der Waals surface area contributed by atoms with Gasteiger partial charge in [-0.1, -0.05) is 4.49 Å². The van der Waals surface area contributed by atoms with Gasteiger partial charge in [-0.3, -0.25) is 4.79 Å². The van der Waals surface area contributed by atoms with Crippen LogP contribution in [0.5, 0.6) is 0 Å². The molecule has 1 aliphatic heterocycles. The van der Waals surface area contributed by atoms with Crippen LogP contribution in [0.1, 0.15) is 28.9 Å². The van der Waals surface area contributed by atoms with Crippen LogP contribution in [-0.4, -0.2) is 44.5 Å². The molecule has 0 unspecified atom stereocenters. The normalized spacial score (nSPS) is 18.7. The predicted octanol–water partition coefficient (Wildman–Crippen LogP) is 1.62. The number of nitrogens with two attached hydrogens (primary N) is 1. The largest absolute Gasteiger partial charge is 0.384 e. The topological polar surface area (TPSA) is 97.0 Å². The molecule has 0 aromatic carbocycles. The van der Waals surface area contributed by atoms with Gasteiger partial charge < -0.3 is 16.0 Å². The lowest BCUT2D eigenvalue weighted by Crippen LogP contribution is -2.32. The van der Waals surface area contributed by atoms with Crippen molar-refractivity contribution in [2.24, 2.45) is 0 Å². The van der Waals surface area contributed by atoms with E-state index in [1.165, 1.54) is 6.20 Å². The highest BCUT2D eigenvalue weighted by Crippen LogP contribution is 2.18. The van der Waals surface area contributed by atoms with Gasteiger partial charge in [0.15, 0.2) is 0 Å². The SMILES string of the molecule is Nc1ccc(N[C@@H]2CCCN(C(=O)c3cnns3)CC2)cn1. The molecule has 7 nitrogen and oxygen atoms in total. The number of aromatic nitrogens is 3. The second kappa shape index (κ2) is 6.69. The van der Waals surface area contributed by atoms with Gasteiger partial charge in [0.2, 0.25) is 0 Å². The molecule has 8 heteroatoms. The van der Waals surface area contributed by atoms with Crippen molar-refractivity contribution in [2.45, 2.75) is 25.3 Å². The molecule has 1 atom stereocenters. The zero-order chi connectivity index (χ0) is 15.4. The first kappa shape index (κ1) is 14.7. The Morgan fingerprint density at radius 2 is 2.23 bits per heavy atom. The minimum Gasteiger partial charge on any atom is -0.384 e. The predicted molar refractivity (Wildman–Crippen MR) is 85.7 cm³/mol. The Morgan fingerprint density at radius 3 is 2.95 bits per heavy atom. The molecule has 1 aliphatic rings. The average molecular weight is 318 g/mol. The Morgan fingerprint density at radius 1 is 1.32 bits per heavy atom. The number of nitrogens with zero attached hydrogens (tertiary/aromatic N) is 4. The fourth-order valence-corrected chi connectivity index (χ4v) is 3.07. The fraction of sp³-hybridized carbons (Fsp3) is 0.429. The molecule has 116 valence electrons. The van der Waals surface area contributed by atoms with E-state index in [0.717, 1.165) is 49.6 Å². The highest BCUT2D eigenvalue weighted by atomic mass is 32.1. The van der Waals surface area contributed by atoms with Crippen molar-refractivity contribution in [2.75, 3.05) is 24.1 Å². The highest BCUT2D eigenvalue weighted by molar-refractivity contribution is 7.07. The van der Waals surface area contributed by atoms with E-state index in [1.807, 2.05) is 11.0 Å². The van der Waals surface area contributed by atoms with Crippen LogP contribution >= 0.6 is 11.5 Å². The Hall–Kier alpha value is -2.22. The number of rotatable bonds is 3. The summed E-state index contributed by atoms with van der Waals surface area (Å²) in [7, 11) is 0. The molecule has 0 aliphatic carbocycles. The zero-order valence-electron chi connectivity index (χ0n) is 12.1. The van der Waals surface area contributed by atoms with E-state index in [0.29, 0.717) is 16.7 Å². The fourth-order valence-electron chi connectivity index (χ4n) is 2.59. The van der Waals surface area contributed by atoms with E-state index in [1.54, 1.807) is 12.3 Å². The van der Waals surface area contributed by atoms with Crippen LogP contribution in [0.15, 0.2) is 24.5 Å². The van der Waals surface area contributed by atoms with Gasteiger partial charge in [0, 0.05) is 19.1 Å². The van der Waals surface area contributed by atoms with Gasteiger partial charge in [-0.05, 0) is 42.9 Å². The van der Waals surface area contributed by atoms with Crippen molar-refractivity contribution in [1.29, 1.82) is 0 Å². The Balaban J connectivity index is 1.58. The smallest absolute Gasteiger partial charge is 0.267 e. The number of carbonyl (C=O) groups is 1. The third-order valence-corrected chi connectivity index (χ3v) is 4.40. The molecule has 2 aromatic rings. The van der Waals surface area contributed by atoms with Crippen molar-refractivity contribution >= 4 is 28.9 Å². The quantitative estimate of drug-likeness (QED) is 0.892. The van der Waals surface area contributed by atoms with Crippen molar-refractivity contribution in [3.8, 4) is 0 Å². The lowest BCUT2D eigenvalue weighted by Gasteiger charge is -2.20. The molecule has 3 rings (SSSR count). The number of hydrogen-bond acceptors (Lipinski definition) is 7. The van der Waals surface area contributed by atoms with Gasteiger partial charge in [0.1, 0.15) is 10.7 Å². The van der Waals surface area contributed by atoms with E-state index in [9.17, 15) is 4.79 Å². The van der Waals surface area contributed by atoms with Gasteiger partial charge >= 0.3 is 0 Å². The van der Waals surface area contributed by atoms with Crippen molar-refractivity contribution < 1.29 is 4.79 Å².